The SMILES string of the molecule is COc1ccc(NC(=O)[C@@H]2CCCN(C)C2)cc1OC1CCCC1. The summed E-state index contributed by atoms with van der Waals surface area (Å²) in [6.45, 7) is 1.90. The molecule has 1 N–H and O–H groups in total. The van der Waals surface area contributed by atoms with Gasteiger partial charge in [0, 0.05) is 18.3 Å². The average Bonchev–Trinajstić information content (AvgIpc) is 3.08. The van der Waals surface area contributed by atoms with E-state index in [0.29, 0.717) is 0 Å². The summed E-state index contributed by atoms with van der Waals surface area (Å²) in [5.41, 5.74) is 0.780. The number of piperidine rings is 1. The monoisotopic (exact) mass is 332 g/mol. The second-order valence-corrected chi connectivity index (χ2v) is 6.98. The lowest BCUT2D eigenvalue weighted by Gasteiger charge is -2.28. The van der Waals surface area contributed by atoms with Gasteiger partial charge in [-0.1, -0.05) is 0 Å². The molecular formula is C19H28N2O3. The van der Waals surface area contributed by atoms with E-state index >= 15 is 0 Å². The van der Waals surface area contributed by atoms with Crippen molar-refractivity contribution in [1.29, 1.82) is 0 Å². The van der Waals surface area contributed by atoms with E-state index in [4.69, 9.17) is 9.47 Å². The predicted molar refractivity (Wildman–Crippen MR) is 94.7 cm³/mol. The zero-order valence-electron chi connectivity index (χ0n) is 14.7. The van der Waals surface area contributed by atoms with Crippen molar-refractivity contribution in [3.63, 3.8) is 0 Å². The number of carbonyl (C=O) groups is 1. The summed E-state index contributed by atoms with van der Waals surface area (Å²) >= 11 is 0. The number of hydrogen-bond acceptors (Lipinski definition) is 4. The molecule has 132 valence electrons. The Hall–Kier alpha value is -1.75. The Morgan fingerprint density at radius 3 is 2.67 bits per heavy atom. The van der Waals surface area contributed by atoms with Gasteiger partial charge >= 0.3 is 0 Å². The van der Waals surface area contributed by atoms with Gasteiger partial charge in [0.1, 0.15) is 0 Å². The van der Waals surface area contributed by atoms with Crippen molar-refractivity contribution < 1.29 is 14.3 Å². The molecule has 24 heavy (non-hydrogen) atoms. The molecule has 1 saturated heterocycles. The van der Waals surface area contributed by atoms with Crippen LogP contribution in [0.3, 0.4) is 0 Å². The summed E-state index contributed by atoms with van der Waals surface area (Å²) in [6, 6.07) is 5.64. The normalized spacial score (nSPS) is 22.3. The van der Waals surface area contributed by atoms with Crippen molar-refractivity contribution in [2.24, 2.45) is 5.92 Å². The van der Waals surface area contributed by atoms with Gasteiger partial charge in [-0.25, -0.2) is 0 Å². The molecule has 0 bridgehead atoms. The third-order valence-electron chi connectivity index (χ3n) is 5.02. The van der Waals surface area contributed by atoms with Crippen molar-refractivity contribution in [2.75, 3.05) is 32.6 Å². The lowest BCUT2D eigenvalue weighted by Crippen LogP contribution is -2.38. The molecule has 1 aliphatic carbocycles. The van der Waals surface area contributed by atoms with Crippen molar-refractivity contribution in [3.05, 3.63) is 18.2 Å². The Morgan fingerprint density at radius 2 is 1.96 bits per heavy atom. The molecule has 1 saturated carbocycles. The molecule has 1 atom stereocenters. The first-order valence-corrected chi connectivity index (χ1v) is 9.00. The van der Waals surface area contributed by atoms with Crippen LogP contribution in [-0.2, 0) is 4.79 Å². The number of hydrogen-bond donors (Lipinski definition) is 1. The van der Waals surface area contributed by atoms with Crippen LogP contribution in [0.5, 0.6) is 11.5 Å². The maximum Gasteiger partial charge on any atom is 0.228 e. The minimum atomic E-state index is 0.0602. The summed E-state index contributed by atoms with van der Waals surface area (Å²) in [5, 5.41) is 3.05. The van der Waals surface area contributed by atoms with Crippen LogP contribution in [0, 0.1) is 5.92 Å². The second kappa shape index (κ2) is 7.88. The van der Waals surface area contributed by atoms with Crippen molar-refractivity contribution in [3.8, 4) is 11.5 Å². The van der Waals surface area contributed by atoms with Crippen LogP contribution in [0.2, 0.25) is 0 Å². The fourth-order valence-corrected chi connectivity index (χ4v) is 3.66. The molecule has 1 aliphatic heterocycles. The van der Waals surface area contributed by atoms with Gasteiger partial charge in [0.2, 0.25) is 5.91 Å². The minimum Gasteiger partial charge on any atom is -0.493 e. The number of likely N-dealkylation sites (tertiary alicyclic amines) is 1. The topological polar surface area (TPSA) is 50.8 Å². The number of rotatable bonds is 5. The highest BCUT2D eigenvalue weighted by atomic mass is 16.5. The van der Waals surface area contributed by atoms with E-state index in [-0.39, 0.29) is 17.9 Å². The number of carbonyl (C=O) groups excluding carboxylic acids is 1. The maximum atomic E-state index is 12.5. The van der Waals surface area contributed by atoms with Crippen LogP contribution < -0.4 is 14.8 Å². The molecule has 1 aromatic carbocycles. The summed E-state index contributed by atoms with van der Waals surface area (Å²) in [4.78, 5) is 14.7. The Labute approximate surface area is 144 Å². The van der Waals surface area contributed by atoms with Crippen LogP contribution in [0.25, 0.3) is 0 Å². The summed E-state index contributed by atoms with van der Waals surface area (Å²) in [7, 11) is 3.72. The highest BCUT2D eigenvalue weighted by molar-refractivity contribution is 5.93. The number of amides is 1. The summed E-state index contributed by atoms with van der Waals surface area (Å²) in [6.07, 6.45) is 6.92. The Bertz CT molecular complexity index is 570. The van der Waals surface area contributed by atoms with Gasteiger partial charge < -0.3 is 19.7 Å². The van der Waals surface area contributed by atoms with Crippen LogP contribution in [0.15, 0.2) is 18.2 Å². The molecule has 3 rings (SSSR count). The highest BCUT2D eigenvalue weighted by Crippen LogP contribution is 2.34. The minimum absolute atomic E-state index is 0.0602. The number of ether oxygens (including phenoxy) is 2. The van der Waals surface area contributed by atoms with Gasteiger partial charge in [0.25, 0.3) is 0 Å². The standard InChI is InChI=1S/C19H28N2O3/c1-21-11-5-6-14(13-21)19(22)20-15-9-10-17(23-2)18(12-15)24-16-7-3-4-8-16/h9-10,12,14,16H,3-8,11,13H2,1-2H3,(H,20,22)/t14-/m1/s1. The lowest BCUT2D eigenvalue weighted by atomic mass is 9.97. The van der Waals surface area contributed by atoms with Gasteiger partial charge in [-0.2, -0.15) is 0 Å². The number of anilines is 1. The fourth-order valence-electron chi connectivity index (χ4n) is 3.66. The molecule has 5 heteroatoms. The predicted octanol–water partition coefficient (Wildman–Crippen LogP) is 3.30. The van der Waals surface area contributed by atoms with E-state index < -0.39 is 0 Å². The second-order valence-electron chi connectivity index (χ2n) is 6.98. The van der Waals surface area contributed by atoms with Gasteiger partial charge in [0.05, 0.1) is 19.1 Å². The highest BCUT2D eigenvalue weighted by Gasteiger charge is 2.24. The first kappa shape index (κ1) is 17.1. The Balaban J connectivity index is 1.67. The molecular weight excluding hydrogens is 304 g/mol. The van der Waals surface area contributed by atoms with E-state index in [1.165, 1.54) is 12.8 Å². The van der Waals surface area contributed by atoms with Crippen molar-refractivity contribution >= 4 is 11.6 Å². The number of nitrogens with zero attached hydrogens (tertiary/aromatic N) is 1. The number of nitrogens with one attached hydrogen (secondary N) is 1. The fraction of sp³-hybridized carbons (Fsp3) is 0.632. The van der Waals surface area contributed by atoms with E-state index in [9.17, 15) is 4.79 Å². The smallest absolute Gasteiger partial charge is 0.228 e. The van der Waals surface area contributed by atoms with Gasteiger partial charge in [-0.3, -0.25) is 4.79 Å². The number of methoxy groups -OCH3 is 1. The molecule has 5 nitrogen and oxygen atoms in total. The molecule has 2 aliphatic rings. The third-order valence-corrected chi connectivity index (χ3v) is 5.02. The van der Waals surface area contributed by atoms with E-state index in [0.717, 1.165) is 56.0 Å². The molecule has 1 amide bonds. The largest absolute Gasteiger partial charge is 0.493 e. The average molecular weight is 332 g/mol. The first-order chi connectivity index (χ1) is 11.7. The Kier molecular flexibility index (Phi) is 5.61. The maximum absolute atomic E-state index is 12.5. The third kappa shape index (κ3) is 4.20. The van der Waals surface area contributed by atoms with Crippen molar-refractivity contribution in [2.45, 2.75) is 44.6 Å². The van der Waals surface area contributed by atoms with E-state index in [2.05, 4.69) is 17.3 Å². The quantitative estimate of drug-likeness (QED) is 0.899. The van der Waals surface area contributed by atoms with Gasteiger partial charge in [-0.05, 0) is 64.3 Å². The van der Waals surface area contributed by atoms with Crippen LogP contribution in [-0.4, -0.2) is 44.2 Å². The molecule has 1 heterocycles. The lowest BCUT2D eigenvalue weighted by molar-refractivity contribution is -0.121. The molecule has 0 aromatic heterocycles. The molecule has 0 spiro atoms. The molecule has 1 aromatic rings. The van der Waals surface area contributed by atoms with E-state index in [1.54, 1.807) is 7.11 Å². The summed E-state index contributed by atoms with van der Waals surface area (Å²) in [5.74, 6) is 1.60. The van der Waals surface area contributed by atoms with Crippen LogP contribution in [0.1, 0.15) is 38.5 Å². The first-order valence-electron chi connectivity index (χ1n) is 9.00. The summed E-state index contributed by atoms with van der Waals surface area (Å²) < 4.78 is 11.5. The van der Waals surface area contributed by atoms with Crippen LogP contribution >= 0.6 is 0 Å². The molecule has 0 unspecified atom stereocenters. The molecule has 2 fully saturated rings. The Morgan fingerprint density at radius 1 is 1.17 bits per heavy atom. The zero-order chi connectivity index (χ0) is 16.9. The molecule has 0 radical (unpaired) electrons. The van der Waals surface area contributed by atoms with Crippen LogP contribution in [0.4, 0.5) is 5.69 Å². The van der Waals surface area contributed by atoms with Crippen molar-refractivity contribution in [1.82, 2.24) is 4.90 Å². The van der Waals surface area contributed by atoms with E-state index in [1.807, 2.05) is 18.2 Å². The van der Waals surface area contributed by atoms with Gasteiger partial charge in [-0.15, -0.1) is 0 Å². The van der Waals surface area contributed by atoms with Gasteiger partial charge in [0.15, 0.2) is 11.5 Å². The number of benzene rings is 1. The zero-order valence-corrected chi connectivity index (χ0v) is 14.7.